The average Bonchev–Trinajstić information content (AvgIpc) is 3.24. The number of aryl methyl sites for hydroxylation is 3. The maximum Gasteiger partial charge on any atom is 0.272 e. The second-order valence-corrected chi connectivity index (χ2v) is 12.8. The van der Waals surface area contributed by atoms with Crippen molar-refractivity contribution in [3.8, 4) is 16.9 Å². The number of amides is 1. The first-order valence-corrected chi connectivity index (χ1v) is 15.1. The van der Waals surface area contributed by atoms with Crippen LogP contribution in [-0.2, 0) is 0 Å². The number of aromatic nitrogens is 2. The Balaban J connectivity index is 1.09. The zero-order valence-corrected chi connectivity index (χ0v) is 24.1. The molecule has 7 rings (SSSR count). The number of hydrogen-bond donors (Lipinski definition) is 2. The van der Waals surface area contributed by atoms with Crippen molar-refractivity contribution in [2.45, 2.75) is 78.7 Å². The Morgan fingerprint density at radius 2 is 1.49 bits per heavy atom. The maximum atomic E-state index is 13.3. The van der Waals surface area contributed by atoms with E-state index in [-0.39, 0.29) is 5.91 Å². The van der Waals surface area contributed by atoms with Gasteiger partial charge in [0.15, 0.2) is 5.69 Å². The number of benzene rings is 2. The van der Waals surface area contributed by atoms with Crippen LogP contribution in [0.5, 0.6) is 0 Å². The highest BCUT2D eigenvalue weighted by Gasteiger charge is 2.47. The Bertz CT molecular complexity index is 1310. The molecule has 39 heavy (non-hydrogen) atoms. The van der Waals surface area contributed by atoms with Crippen molar-refractivity contribution in [3.05, 3.63) is 70.4 Å². The molecule has 0 saturated heterocycles. The number of nitrogens with one attached hydrogen (secondary N) is 2. The predicted octanol–water partition coefficient (Wildman–Crippen LogP) is 6.70. The molecule has 0 radical (unpaired) electrons. The van der Waals surface area contributed by atoms with Crippen LogP contribution in [0.2, 0.25) is 0 Å². The normalized spacial score (nSPS) is 25.3. The molecule has 0 spiro atoms. The highest BCUT2D eigenvalue weighted by atomic mass is 16.1. The Labute approximate surface area is 233 Å². The Kier molecular flexibility index (Phi) is 7.37. The van der Waals surface area contributed by atoms with Crippen LogP contribution >= 0.6 is 0 Å². The Morgan fingerprint density at radius 3 is 2.15 bits per heavy atom. The van der Waals surface area contributed by atoms with Crippen LogP contribution in [0.25, 0.3) is 16.9 Å². The summed E-state index contributed by atoms with van der Waals surface area (Å²) in [7, 11) is 0. The van der Waals surface area contributed by atoms with Gasteiger partial charge in [-0.1, -0.05) is 47.5 Å². The fourth-order valence-electron chi connectivity index (χ4n) is 8.04. The first-order chi connectivity index (χ1) is 18.9. The van der Waals surface area contributed by atoms with Gasteiger partial charge < -0.3 is 10.6 Å². The number of carbonyl (C=O) groups excluding carboxylic acids is 1. The maximum absolute atomic E-state index is 13.3. The van der Waals surface area contributed by atoms with E-state index in [1.54, 1.807) is 0 Å². The molecular formula is C34H44N4O. The van der Waals surface area contributed by atoms with E-state index in [9.17, 15) is 4.79 Å². The molecule has 4 saturated carbocycles. The van der Waals surface area contributed by atoms with E-state index in [2.05, 4.69) is 73.9 Å². The molecular weight excluding hydrogens is 480 g/mol. The lowest BCUT2D eigenvalue weighted by Crippen LogP contribution is -2.54. The van der Waals surface area contributed by atoms with Gasteiger partial charge in [-0.05, 0) is 114 Å². The molecule has 206 valence electrons. The van der Waals surface area contributed by atoms with Crippen LogP contribution in [0.3, 0.4) is 0 Å². The van der Waals surface area contributed by atoms with Crippen molar-refractivity contribution in [2.24, 2.45) is 23.7 Å². The zero-order chi connectivity index (χ0) is 27.1. The molecule has 1 amide bonds. The van der Waals surface area contributed by atoms with E-state index in [1.165, 1.54) is 43.2 Å². The van der Waals surface area contributed by atoms with Gasteiger partial charge in [-0.3, -0.25) is 4.79 Å². The van der Waals surface area contributed by atoms with Gasteiger partial charge in [-0.2, -0.15) is 5.10 Å². The predicted molar refractivity (Wildman–Crippen MR) is 158 cm³/mol. The van der Waals surface area contributed by atoms with Crippen molar-refractivity contribution >= 4 is 5.91 Å². The summed E-state index contributed by atoms with van der Waals surface area (Å²) in [6, 6.07) is 15.6. The molecule has 3 aromatic rings. The lowest BCUT2D eigenvalue weighted by molar-refractivity contribution is -0.0135. The van der Waals surface area contributed by atoms with Gasteiger partial charge >= 0.3 is 0 Å². The van der Waals surface area contributed by atoms with Crippen molar-refractivity contribution in [1.82, 2.24) is 20.4 Å². The Hall–Kier alpha value is -2.92. The number of unbranched alkanes of at least 4 members (excludes halogenated alkanes) is 1. The van der Waals surface area contributed by atoms with Crippen molar-refractivity contribution < 1.29 is 4.79 Å². The van der Waals surface area contributed by atoms with Gasteiger partial charge in [-0.25, -0.2) is 4.68 Å². The van der Waals surface area contributed by atoms with Gasteiger partial charge in [0, 0.05) is 23.7 Å². The average molecular weight is 525 g/mol. The lowest BCUT2D eigenvalue weighted by atomic mass is 9.54. The Morgan fingerprint density at radius 1 is 0.846 bits per heavy atom. The fourth-order valence-corrected chi connectivity index (χ4v) is 8.04. The molecule has 1 aromatic heterocycles. The number of hydrogen-bond acceptors (Lipinski definition) is 3. The summed E-state index contributed by atoms with van der Waals surface area (Å²) in [4.78, 5) is 13.3. The standard InChI is InChI=1S/C34H44N4O/c1-21-7-10-27(11-8-21)33-24(4)31(37-38(33)30-12-9-22(2)15-23(30)3)34(39)36-14-6-5-13-35-32-28-17-25-16-26(19-28)20-29(32)18-25/h7-12,15,25-26,28-29,32,35H,5-6,13-14,16-20H2,1-4H3,(H,36,39). The smallest absolute Gasteiger partial charge is 0.272 e. The van der Waals surface area contributed by atoms with Crippen LogP contribution in [0.1, 0.15) is 77.7 Å². The minimum atomic E-state index is -0.0848. The number of rotatable bonds is 9. The molecule has 4 aliphatic carbocycles. The summed E-state index contributed by atoms with van der Waals surface area (Å²) < 4.78 is 1.96. The molecule has 5 heteroatoms. The molecule has 2 aromatic carbocycles. The number of nitrogens with zero attached hydrogens (tertiary/aromatic N) is 2. The topological polar surface area (TPSA) is 59.0 Å². The van der Waals surface area contributed by atoms with Gasteiger partial charge in [0.25, 0.3) is 5.91 Å². The molecule has 5 nitrogen and oxygen atoms in total. The van der Waals surface area contributed by atoms with E-state index in [1.807, 2.05) is 11.6 Å². The summed E-state index contributed by atoms with van der Waals surface area (Å²) in [6.07, 6.45) is 9.41. The van der Waals surface area contributed by atoms with Crippen LogP contribution in [0.4, 0.5) is 0 Å². The highest BCUT2D eigenvalue weighted by molar-refractivity contribution is 5.95. The van der Waals surface area contributed by atoms with Crippen molar-refractivity contribution in [3.63, 3.8) is 0 Å². The fraction of sp³-hybridized carbons (Fsp3) is 0.529. The van der Waals surface area contributed by atoms with E-state index in [4.69, 9.17) is 5.10 Å². The number of carbonyl (C=O) groups is 1. The van der Waals surface area contributed by atoms with Crippen LogP contribution in [0, 0.1) is 51.4 Å². The quantitative estimate of drug-likeness (QED) is 0.306. The first-order valence-electron chi connectivity index (χ1n) is 15.1. The zero-order valence-electron chi connectivity index (χ0n) is 24.1. The summed E-state index contributed by atoms with van der Waals surface area (Å²) in [5.74, 6) is 3.79. The minimum absolute atomic E-state index is 0.0848. The third-order valence-corrected chi connectivity index (χ3v) is 9.74. The van der Waals surface area contributed by atoms with Gasteiger partial charge in [0.05, 0.1) is 11.4 Å². The second kappa shape index (κ2) is 10.9. The van der Waals surface area contributed by atoms with Gasteiger partial charge in [0.1, 0.15) is 0 Å². The largest absolute Gasteiger partial charge is 0.351 e. The molecule has 0 aliphatic heterocycles. The summed E-state index contributed by atoms with van der Waals surface area (Å²) in [5.41, 5.74) is 8.06. The molecule has 0 unspecified atom stereocenters. The SMILES string of the molecule is Cc1ccc(-c2c(C)c(C(=O)NCCCCNC3C4CC5CC(C4)CC3C5)nn2-c2ccc(C)cc2C)cc1. The van der Waals surface area contributed by atoms with Crippen LogP contribution in [0.15, 0.2) is 42.5 Å². The first kappa shape index (κ1) is 26.3. The lowest BCUT2D eigenvalue weighted by Gasteiger charge is -2.54. The molecule has 2 N–H and O–H groups in total. The summed E-state index contributed by atoms with van der Waals surface area (Å²) in [5, 5.41) is 12.0. The third-order valence-electron chi connectivity index (χ3n) is 9.74. The van der Waals surface area contributed by atoms with Gasteiger partial charge in [-0.15, -0.1) is 0 Å². The van der Waals surface area contributed by atoms with Gasteiger partial charge in [0.2, 0.25) is 0 Å². The van der Waals surface area contributed by atoms with E-state index in [0.717, 1.165) is 77.2 Å². The summed E-state index contributed by atoms with van der Waals surface area (Å²) >= 11 is 0. The van der Waals surface area contributed by atoms with Crippen molar-refractivity contribution in [1.29, 1.82) is 0 Å². The monoisotopic (exact) mass is 524 g/mol. The summed E-state index contributed by atoms with van der Waals surface area (Å²) in [6.45, 7) is 10.1. The van der Waals surface area contributed by atoms with Crippen molar-refractivity contribution in [2.75, 3.05) is 13.1 Å². The highest BCUT2D eigenvalue weighted by Crippen LogP contribution is 2.53. The third kappa shape index (κ3) is 5.30. The van der Waals surface area contributed by atoms with E-state index >= 15 is 0 Å². The van der Waals surface area contributed by atoms with Crippen LogP contribution < -0.4 is 10.6 Å². The van der Waals surface area contributed by atoms with E-state index in [0.29, 0.717) is 12.2 Å². The molecule has 0 atom stereocenters. The molecule has 1 heterocycles. The molecule has 4 bridgehead atoms. The second-order valence-electron chi connectivity index (χ2n) is 12.8. The van der Waals surface area contributed by atoms with Crippen LogP contribution in [-0.4, -0.2) is 34.8 Å². The molecule has 4 fully saturated rings. The minimum Gasteiger partial charge on any atom is -0.351 e. The molecule has 4 aliphatic rings. The van der Waals surface area contributed by atoms with E-state index < -0.39 is 0 Å².